The predicted molar refractivity (Wildman–Crippen MR) is 102 cm³/mol. The van der Waals surface area contributed by atoms with Crippen LogP contribution in [0, 0.1) is 11.6 Å². The summed E-state index contributed by atoms with van der Waals surface area (Å²) in [5.41, 5.74) is 0.995. The van der Waals surface area contributed by atoms with E-state index in [1.54, 1.807) is 17.9 Å². The Kier molecular flexibility index (Phi) is 3.93. The number of imidazole rings is 1. The average Bonchev–Trinajstić information content (AvgIpc) is 3.25. The summed E-state index contributed by atoms with van der Waals surface area (Å²) in [7, 11) is 1.73. The molecule has 1 aliphatic heterocycles. The van der Waals surface area contributed by atoms with E-state index >= 15 is 0 Å². The van der Waals surface area contributed by atoms with E-state index < -0.39 is 11.6 Å². The summed E-state index contributed by atoms with van der Waals surface area (Å²) in [6, 6.07) is 3.48. The minimum Gasteiger partial charge on any atom is -0.351 e. The number of nitrogens with one attached hydrogen (secondary N) is 2. The number of aryl methyl sites for hydroxylation is 2. The normalized spacial score (nSPS) is 16.2. The van der Waals surface area contributed by atoms with Crippen LogP contribution in [0.1, 0.15) is 12.2 Å². The minimum absolute atomic E-state index is 0.0106. The van der Waals surface area contributed by atoms with Crippen LogP contribution in [0.3, 0.4) is 0 Å². The van der Waals surface area contributed by atoms with Crippen LogP contribution < -0.4 is 10.9 Å². The summed E-state index contributed by atoms with van der Waals surface area (Å²) < 4.78 is 30.7. The molecule has 1 aromatic carbocycles. The zero-order valence-corrected chi connectivity index (χ0v) is 15.5. The second-order valence-electron chi connectivity index (χ2n) is 7.12. The number of hydrogen-bond acceptors (Lipinski definition) is 5. The maximum Gasteiger partial charge on any atom is 0.263 e. The topological polar surface area (TPSA) is 93.4 Å². The van der Waals surface area contributed by atoms with Gasteiger partial charge in [-0.25, -0.2) is 13.8 Å². The van der Waals surface area contributed by atoms with Crippen LogP contribution in [0.5, 0.6) is 0 Å². The number of nitrogens with zero attached hydrogens (tertiary/aromatic N) is 5. The lowest BCUT2D eigenvalue weighted by molar-refractivity contribution is 0.474. The molecule has 0 aliphatic carbocycles. The highest BCUT2D eigenvalue weighted by atomic mass is 19.1. The van der Waals surface area contributed by atoms with Crippen molar-refractivity contribution in [1.82, 2.24) is 29.3 Å². The summed E-state index contributed by atoms with van der Waals surface area (Å²) in [6.07, 6.45) is 4.70. The van der Waals surface area contributed by atoms with Gasteiger partial charge in [0.1, 0.15) is 22.8 Å². The fourth-order valence-corrected chi connectivity index (χ4v) is 3.68. The summed E-state index contributed by atoms with van der Waals surface area (Å²) in [5.74, 6) is -0.0393. The first-order valence-electron chi connectivity index (χ1n) is 9.18. The molecule has 0 unspecified atom stereocenters. The lowest BCUT2D eigenvalue weighted by Crippen LogP contribution is -2.32. The first-order chi connectivity index (χ1) is 14.0. The third-order valence-corrected chi connectivity index (χ3v) is 5.14. The van der Waals surface area contributed by atoms with E-state index in [0.29, 0.717) is 35.6 Å². The Morgan fingerprint density at radius 1 is 1.28 bits per heavy atom. The first-order valence-corrected chi connectivity index (χ1v) is 9.18. The molecule has 0 saturated heterocycles. The van der Waals surface area contributed by atoms with Crippen molar-refractivity contribution in [2.75, 3.05) is 5.32 Å². The molecule has 0 saturated carbocycles. The van der Waals surface area contributed by atoms with Gasteiger partial charge in [0, 0.05) is 43.9 Å². The van der Waals surface area contributed by atoms with Gasteiger partial charge in [-0.1, -0.05) is 0 Å². The molecular weight excluding hydrogens is 380 g/mol. The molecule has 0 fully saturated rings. The number of benzene rings is 1. The Labute approximate surface area is 163 Å². The van der Waals surface area contributed by atoms with Crippen molar-refractivity contribution in [2.45, 2.75) is 25.4 Å². The summed E-state index contributed by atoms with van der Waals surface area (Å²) in [4.78, 5) is 23.9. The number of aromatic nitrogens is 6. The number of fused-ring (bicyclic) bond motifs is 2. The number of rotatable bonds is 3. The smallest absolute Gasteiger partial charge is 0.263 e. The zero-order valence-electron chi connectivity index (χ0n) is 15.5. The minimum atomic E-state index is -0.638. The number of aromatic amines is 1. The van der Waals surface area contributed by atoms with Crippen LogP contribution in [-0.2, 0) is 20.0 Å². The summed E-state index contributed by atoms with van der Waals surface area (Å²) in [6.45, 7) is 0.582. The van der Waals surface area contributed by atoms with Crippen LogP contribution in [0.4, 0.5) is 14.7 Å². The van der Waals surface area contributed by atoms with Crippen molar-refractivity contribution in [2.24, 2.45) is 7.05 Å². The molecule has 29 heavy (non-hydrogen) atoms. The molecule has 4 heterocycles. The third-order valence-electron chi connectivity index (χ3n) is 5.14. The monoisotopic (exact) mass is 397 g/mol. The van der Waals surface area contributed by atoms with Crippen LogP contribution in [0.15, 0.2) is 35.4 Å². The highest BCUT2D eigenvalue weighted by molar-refractivity contribution is 5.74. The fraction of sp³-hybridized carbons (Fsp3) is 0.263. The van der Waals surface area contributed by atoms with Gasteiger partial charge < -0.3 is 9.88 Å². The molecule has 1 aliphatic rings. The van der Waals surface area contributed by atoms with E-state index in [9.17, 15) is 13.6 Å². The van der Waals surface area contributed by atoms with Crippen LogP contribution in [0.2, 0.25) is 0 Å². The number of H-pyrrole nitrogens is 1. The molecule has 0 amide bonds. The van der Waals surface area contributed by atoms with Gasteiger partial charge in [-0.05, 0) is 18.6 Å². The molecule has 0 bridgehead atoms. The quantitative estimate of drug-likeness (QED) is 0.553. The molecule has 1 atom stereocenters. The molecule has 2 N–H and O–H groups in total. The van der Waals surface area contributed by atoms with E-state index in [4.69, 9.17) is 0 Å². The average molecular weight is 397 g/mol. The predicted octanol–water partition coefficient (Wildman–Crippen LogP) is 2.23. The van der Waals surface area contributed by atoms with Crippen LogP contribution >= 0.6 is 0 Å². The van der Waals surface area contributed by atoms with E-state index in [1.165, 1.54) is 18.3 Å². The second-order valence-corrected chi connectivity index (χ2v) is 7.12. The molecule has 10 heteroatoms. The van der Waals surface area contributed by atoms with Crippen molar-refractivity contribution in [3.8, 4) is 11.3 Å². The van der Waals surface area contributed by atoms with Gasteiger partial charge in [-0.15, -0.1) is 0 Å². The van der Waals surface area contributed by atoms with Gasteiger partial charge in [0.15, 0.2) is 5.65 Å². The molecule has 0 radical (unpaired) electrons. The SMILES string of the molecule is Cn1ncc2c(=O)[nH]c(N[C@H]3CCc4nc(-c5ccc(F)cc5F)cn4C3)nc21. The maximum absolute atomic E-state index is 14.1. The first kappa shape index (κ1) is 17.5. The number of hydrogen-bond donors (Lipinski definition) is 2. The fourth-order valence-electron chi connectivity index (χ4n) is 3.68. The molecule has 4 aromatic rings. The van der Waals surface area contributed by atoms with Gasteiger partial charge >= 0.3 is 0 Å². The number of halogens is 2. The summed E-state index contributed by atoms with van der Waals surface area (Å²) >= 11 is 0. The molecular formula is C19H17F2N7O. The largest absolute Gasteiger partial charge is 0.351 e. The van der Waals surface area contributed by atoms with Gasteiger partial charge in [-0.3, -0.25) is 14.5 Å². The van der Waals surface area contributed by atoms with E-state index in [2.05, 4.69) is 25.4 Å². The second kappa shape index (κ2) is 6.50. The van der Waals surface area contributed by atoms with Crippen molar-refractivity contribution >= 4 is 17.0 Å². The van der Waals surface area contributed by atoms with E-state index in [0.717, 1.165) is 18.3 Å². The van der Waals surface area contributed by atoms with E-state index in [1.807, 2.05) is 4.57 Å². The zero-order chi connectivity index (χ0) is 20.1. The Balaban J connectivity index is 1.39. The lowest BCUT2D eigenvalue weighted by Gasteiger charge is -2.24. The standard InChI is InChI=1S/C19H17F2N7O/c1-27-17-13(7-22-27)18(29)26-19(25-17)23-11-3-5-16-24-15(9-28(16)8-11)12-4-2-10(20)6-14(12)21/h2,4,6-7,9,11H,3,5,8H2,1H3,(H2,23,25,26,29)/t11-/m0/s1. The van der Waals surface area contributed by atoms with Crippen LogP contribution in [0.25, 0.3) is 22.3 Å². The molecule has 3 aromatic heterocycles. The van der Waals surface area contributed by atoms with Gasteiger partial charge in [-0.2, -0.15) is 10.1 Å². The third kappa shape index (κ3) is 3.06. The molecule has 0 spiro atoms. The van der Waals surface area contributed by atoms with Crippen molar-refractivity contribution in [3.63, 3.8) is 0 Å². The Morgan fingerprint density at radius 2 is 2.14 bits per heavy atom. The lowest BCUT2D eigenvalue weighted by atomic mass is 10.1. The van der Waals surface area contributed by atoms with Gasteiger partial charge in [0.05, 0.1) is 11.9 Å². The van der Waals surface area contributed by atoms with Gasteiger partial charge in [0.25, 0.3) is 5.56 Å². The summed E-state index contributed by atoms with van der Waals surface area (Å²) in [5, 5.41) is 7.75. The molecule has 5 rings (SSSR count). The van der Waals surface area contributed by atoms with Crippen molar-refractivity contribution in [1.29, 1.82) is 0 Å². The van der Waals surface area contributed by atoms with E-state index in [-0.39, 0.29) is 17.2 Å². The Hall–Kier alpha value is -3.56. The molecule has 148 valence electrons. The number of anilines is 1. The highest BCUT2D eigenvalue weighted by Gasteiger charge is 2.22. The van der Waals surface area contributed by atoms with Crippen LogP contribution in [-0.4, -0.2) is 35.3 Å². The van der Waals surface area contributed by atoms with Gasteiger partial charge in [0.2, 0.25) is 5.95 Å². The van der Waals surface area contributed by atoms with Crippen molar-refractivity contribution in [3.05, 3.63) is 58.4 Å². The van der Waals surface area contributed by atoms with Crippen molar-refractivity contribution < 1.29 is 8.78 Å². The molecule has 8 nitrogen and oxygen atoms in total. The highest BCUT2D eigenvalue weighted by Crippen LogP contribution is 2.26. The Morgan fingerprint density at radius 3 is 2.97 bits per heavy atom. The maximum atomic E-state index is 14.1. The Bertz CT molecular complexity index is 1290.